The lowest BCUT2D eigenvalue weighted by Gasteiger charge is -2.30. The minimum atomic E-state index is -0.340. The summed E-state index contributed by atoms with van der Waals surface area (Å²) in [7, 11) is 0. The quantitative estimate of drug-likeness (QED) is 0.725. The third-order valence-corrected chi connectivity index (χ3v) is 4.65. The third-order valence-electron chi connectivity index (χ3n) is 4.65. The summed E-state index contributed by atoms with van der Waals surface area (Å²) in [6, 6.07) is 8.10. The molecule has 2 amide bonds. The number of amides is 2. The number of aromatic nitrogens is 2. The summed E-state index contributed by atoms with van der Waals surface area (Å²) in [5, 5.41) is 8.53. The second kappa shape index (κ2) is 8.11. The Bertz CT molecular complexity index is 742. The number of fused-ring (bicyclic) bond motifs is 1. The van der Waals surface area contributed by atoms with E-state index >= 15 is 0 Å². The predicted molar refractivity (Wildman–Crippen MR) is 95.7 cm³/mol. The Kier molecular flexibility index (Phi) is 5.65. The van der Waals surface area contributed by atoms with Crippen molar-refractivity contribution in [2.45, 2.75) is 25.8 Å². The van der Waals surface area contributed by atoms with Crippen LogP contribution in [0, 0.1) is 5.92 Å². The van der Waals surface area contributed by atoms with Gasteiger partial charge in [-0.3, -0.25) is 19.2 Å². The summed E-state index contributed by atoms with van der Waals surface area (Å²) in [4.78, 5) is 25.3. The Morgan fingerprint density at radius 3 is 3.00 bits per heavy atom. The fraction of sp³-hybridized carbons (Fsp3) is 0.500. The van der Waals surface area contributed by atoms with Crippen molar-refractivity contribution in [1.82, 2.24) is 20.0 Å². The SMILES string of the molecule is NC(=O)CN1CCCC(C(=O)NCCCn2ncc3ccccc32)C1. The van der Waals surface area contributed by atoms with Gasteiger partial charge in [-0.15, -0.1) is 0 Å². The highest BCUT2D eigenvalue weighted by Crippen LogP contribution is 2.16. The van der Waals surface area contributed by atoms with Crippen LogP contribution in [0.5, 0.6) is 0 Å². The van der Waals surface area contributed by atoms with Gasteiger partial charge in [0.1, 0.15) is 0 Å². The molecule has 7 nitrogen and oxygen atoms in total. The molecule has 1 atom stereocenters. The first-order valence-corrected chi connectivity index (χ1v) is 8.82. The number of benzene rings is 1. The number of rotatable bonds is 7. The molecule has 3 rings (SSSR count). The average molecular weight is 343 g/mol. The Morgan fingerprint density at radius 1 is 1.32 bits per heavy atom. The fourth-order valence-electron chi connectivity index (χ4n) is 3.42. The number of piperidine rings is 1. The first-order chi connectivity index (χ1) is 12.1. The van der Waals surface area contributed by atoms with E-state index in [0.29, 0.717) is 13.1 Å². The number of likely N-dealkylation sites (tertiary alicyclic amines) is 1. The summed E-state index contributed by atoms with van der Waals surface area (Å²) in [5.74, 6) is -0.328. The molecule has 0 bridgehead atoms. The molecule has 1 aliphatic rings. The van der Waals surface area contributed by atoms with Crippen LogP contribution in [0.2, 0.25) is 0 Å². The topological polar surface area (TPSA) is 93.3 Å². The van der Waals surface area contributed by atoms with Crippen LogP contribution >= 0.6 is 0 Å². The predicted octanol–water partition coefficient (Wildman–Crippen LogP) is 0.740. The highest BCUT2D eigenvalue weighted by atomic mass is 16.2. The summed E-state index contributed by atoms with van der Waals surface area (Å²) >= 11 is 0. The van der Waals surface area contributed by atoms with Crippen molar-refractivity contribution < 1.29 is 9.59 Å². The normalized spacial score (nSPS) is 18.3. The zero-order chi connectivity index (χ0) is 17.6. The number of para-hydroxylation sites is 1. The van der Waals surface area contributed by atoms with Gasteiger partial charge in [0.15, 0.2) is 0 Å². The van der Waals surface area contributed by atoms with Gasteiger partial charge in [0, 0.05) is 25.0 Å². The third kappa shape index (κ3) is 4.57. The molecule has 2 aromatic rings. The van der Waals surface area contributed by atoms with Gasteiger partial charge in [-0.2, -0.15) is 5.10 Å². The number of carbonyl (C=O) groups is 2. The van der Waals surface area contributed by atoms with E-state index in [4.69, 9.17) is 5.73 Å². The number of nitrogens with two attached hydrogens (primary N) is 1. The summed E-state index contributed by atoms with van der Waals surface area (Å²) < 4.78 is 1.97. The largest absolute Gasteiger partial charge is 0.369 e. The number of carbonyl (C=O) groups excluding carboxylic acids is 2. The van der Waals surface area contributed by atoms with E-state index < -0.39 is 0 Å². The van der Waals surface area contributed by atoms with E-state index in [1.807, 2.05) is 34.0 Å². The number of nitrogens with zero attached hydrogens (tertiary/aromatic N) is 3. The van der Waals surface area contributed by atoms with Crippen molar-refractivity contribution in [2.24, 2.45) is 11.7 Å². The minimum Gasteiger partial charge on any atom is -0.369 e. The number of aryl methyl sites for hydroxylation is 1. The van der Waals surface area contributed by atoms with Gasteiger partial charge in [0.05, 0.1) is 24.2 Å². The molecular weight excluding hydrogens is 318 g/mol. The first-order valence-electron chi connectivity index (χ1n) is 8.82. The average Bonchev–Trinajstić information content (AvgIpc) is 3.01. The fourth-order valence-corrected chi connectivity index (χ4v) is 3.42. The van der Waals surface area contributed by atoms with E-state index in [1.165, 1.54) is 0 Å². The standard InChI is InChI=1S/C18H25N5O2/c19-17(24)13-22-9-3-6-15(12-22)18(25)20-8-4-10-23-16-7-2-1-5-14(16)11-21-23/h1-2,5,7,11,15H,3-4,6,8-10,12-13H2,(H2,19,24)(H,20,25). The van der Waals surface area contributed by atoms with Crippen LogP contribution in [-0.2, 0) is 16.1 Å². The smallest absolute Gasteiger partial charge is 0.231 e. The molecule has 1 aromatic heterocycles. The second-order valence-corrected chi connectivity index (χ2v) is 6.61. The maximum Gasteiger partial charge on any atom is 0.231 e. The van der Waals surface area contributed by atoms with Crippen LogP contribution in [0.3, 0.4) is 0 Å². The van der Waals surface area contributed by atoms with E-state index in [0.717, 1.165) is 43.3 Å². The van der Waals surface area contributed by atoms with Gasteiger partial charge < -0.3 is 11.1 Å². The first kappa shape index (κ1) is 17.4. The van der Waals surface area contributed by atoms with Gasteiger partial charge in [-0.05, 0) is 31.9 Å². The Balaban J connectivity index is 1.42. The number of nitrogens with one attached hydrogen (secondary N) is 1. The molecule has 3 N–H and O–H groups in total. The van der Waals surface area contributed by atoms with Gasteiger partial charge >= 0.3 is 0 Å². The van der Waals surface area contributed by atoms with E-state index in [-0.39, 0.29) is 24.3 Å². The van der Waals surface area contributed by atoms with Gasteiger partial charge in [0.2, 0.25) is 11.8 Å². The summed E-state index contributed by atoms with van der Waals surface area (Å²) in [6.45, 7) is 3.07. The van der Waals surface area contributed by atoms with Crippen molar-refractivity contribution in [1.29, 1.82) is 0 Å². The Hall–Kier alpha value is -2.41. The molecule has 0 spiro atoms. The summed E-state index contributed by atoms with van der Waals surface area (Å²) in [5.41, 5.74) is 6.35. The molecular formula is C18H25N5O2. The molecule has 2 heterocycles. The lowest BCUT2D eigenvalue weighted by Crippen LogP contribution is -2.45. The highest BCUT2D eigenvalue weighted by molar-refractivity contribution is 5.79. The molecule has 1 fully saturated rings. The highest BCUT2D eigenvalue weighted by Gasteiger charge is 2.26. The van der Waals surface area contributed by atoms with Gasteiger partial charge in [-0.25, -0.2) is 0 Å². The van der Waals surface area contributed by atoms with Crippen molar-refractivity contribution in [3.8, 4) is 0 Å². The Morgan fingerprint density at radius 2 is 2.16 bits per heavy atom. The maximum atomic E-state index is 12.3. The molecule has 0 saturated carbocycles. The van der Waals surface area contributed by atoms with Crippen LogP contribution in [0.1, 0.15) is 19.3 Å². The summed E-state index contributed by atoms with van der Waals surface area (Å²) in [6.07, 6.45) is 4.48. The van der Waals surface area contributed by atoms with Crippen LogP contribution in [-0.4, -0.2) is 52.7 Å². The zero-order valence-electron chi connectivity index (χ0n) is 14.4. The molecule has 134 valence electrons. The van der Waals surface area contributed by atoms with Gasteiger partial charge in [-0.1, -0.05) is 18.2 Å². The van der Waals surface area contributed by atoms with Crippen molar-refractivity contribution in [3.05, 3.63) is 30.5 Å². The van der Waals surface area contributed by atoms with Gasteiger partial charge in [0.25, 0.3) is 0 Å². The van der Waals surface area contributed by atoms with Crippen LogP contribution < -0.4 is 11.1 Å². The molecule has 1 aliphatic heterocycles. The van der Waals surface area contributed by atoms with Crippen molar-refractivity contribution in [3.63, 3.8) is 0 Å². The second-order valence-electron chi connectivity index (χ2n) is 6.61. The number of hydrogen-bond acceptors (Lipinski definition) is 4. The van der Waals surface area contributed by atoms with E-state index in [2.05, 4.69) is 16.5 Å². The molecule has 0 aliphatic carbocycles. The monoisotopic (exact) mass is 343 g/mol. The van der Waals surface area contributed by atoms with Crippen LogP contribution in [0.25, 0.3) is 10.9 Å². The van der Waals surface area contributed by atoms with Crippen LogP contribution in [0.4, 0.5) is 0 Å². The molecule has 1 aromatic carbocycles. The number of primary amides is 1. The Labute approximate surface area is 147 Å². The minimum absolute atomic E-state index is 0.0568. The van der Waals surface area contributed by atoms with Crippen LogP contribution in [0.15, 0.2) is 30.5 Å². The maximum absolute atomic E-state index is 12.3. The van der Waals surface area contributed by atoms with Crippen molar-refractivity contribution in [2.75, 3.05) is 26.2 Å². The van der Waals surface area contributed by atoms with E-state index in [9.17, 15) is 9.59 Å². The molecule has 7 heteroatoms. The lowest BCUT2D eigenvalue weighted by atomic mass is 9.97. The zero-order valence-corrected chi connectivity index (χ0v) is 14.4. The molecule has 0 radical (unpaired) electrons. The molecule has 1 unspecified atom stereocenters. The molecule has 1 saturated heterocycles. The number of hydrogen-bond donors (Lipinski definition) is 2. The van der Waals surface area contributed by atoms with E-state index in [1.54, 1.807) is 0 Å². The molecule has 25 heavy (non-hydrogen) atoms. The lowest BCUT2D eigenvalue weighted by molar-refractivity contribution is -0.128. The van der Waals surface area contributed by atoms with Crippen molar-refractivity contribution >= 4 is 22.7 Å².